The third-order valence-electron chi connectivity index (χ3n) is 2.96. The summed E-state index contributed by atoms with van der Waals surface area (Å²) in [5.74, 6) is 0. The minimum atomic E-state index is 1.04. The summed E-state index contributed by atoms with van der Waals surface area (Å²) < 4.78 is 2.08. The van der Waals surface area contributed by atoms with Gasteiger partial charge in [0.15, 0.2) is 0 Å². The van der Waals surface area contributed by atoms with E-state index in [-0.39, 0.29) is 0 Å². The van der Waals surface area contributed by atoms with E-state index in [1.807, 2.05) is 6.20 Å². The summed E-state index contributed by atoms with van der Waals surface area (Å²) in [5.41, 5.74) is 1.31. The predicted octanol–water partition coefficient (Wildman–Crippen LogP) is 3.59. The Morgan fingerprint density at radius 1 is 1.00 bits per heavy atom. The van der Waals surface area contributed by atoms with Crippen molar-refractivity contribution in [2.24, 2.45) is 0 Å². The van der Waals surface area contributed by atoms with Crippen molar-refractivity contribution in [3.8, 4) is 0 Å². The van der Waals surface area contributed by atoms with E-state index in [9.17, 15) is 0 Å². The van der Waals surface area contributed by atoms with Crippen LogP contribution in [0.25, 0.3) is 0 Å². The molecule has 0 atom stereocenters. The molecule has 1 heterocycles. The lowest BCUT2D eigenvalue weighted by Crippen LogP contribution is -2.05. The first kappa shape index (κ1) is 13.2. The molecule has 0 saturated heterocycles. The van der Waals surface area contributed by atoms with Crippen LogP contribution in [0.5, 0.6) is 0 Å². The van der Waals surface area contributed by atoms with Gasteiger partial charge in [0.05, 0.1) is 11.9 Å². The summed E-state index contributed by atoms with van der Waals surface area (Å²) in [6.07, 6.45) is 12.1. The van der Waals surface area contributed by atoms with Gasteiger partial charge in [-0.15, -0.1) is 5.10 Å². The molecule has 0 N–H and O–H groups in total. The molecule has 16 heavy (non-hydrogen) atoms. The third kappa shape index (κ3) is 4.77. The first-order valence-electron chi connectivity index (χ1n) is 6.75. The van der Waals surface area contributed by atoms with Crippen molar-refractivity contribution in [3.63, 3.8) is 0 Å². The van der Waals surface area contributed by atoms with E-state index in [1.165, 1.54) is 50.6 Å². The maximum atomic E-state index is 4.15. The predicted molar refractivity (Wildman–Crippen MR) is 67.4 cm³/mol. The van der Waals surface area contributed by atoms with Gasteiger partial charge >= 0.3 is 0 Å². The fraction of sp³-hybridized carbons (Fsp3) is 0.846. The molecular weight excluding hydrogens is 198 g/mol. The van der Waals surface area contributed by atoms with Gasteiger partial charge in [-0.05, 0) is 19.3 Å². The Balaban J connectivity index is 2.26. The van der Waals surface area contributed by atoms with Crippen molar-refractivity contribution in [2.45, 2.75) is 71.8 Å². The van der Waals surface area contributed by atoms with E-state index in [1.54, 1.807) is 0 Å². The van der Waals surface area contributed by atoms with Crippen LogP contribution in [0.3, 0.4) is 0 Å². The van der Waals surface area contributed by atoms with Crippen LogP contribution < -0.4 is 0 Å². The van der Waals surface area contributed by atoms with Crippen molar-refractivity contribution in [3.05, 3.63) is 11.9 Å². The average molecular weight is 223 g/mol. The smallest absolute Gasteiger partial charge is 0.0725 e. The fourth-order valence-electron chi connectivity index (χ4n) is 1.91. The second-order valence-corrected chi connectivity index (χ2v) is 4.47. The summed E-state index contributed by atoms with van der Waals surface area (Å²) >= 11 is 0. The van der Waals surface area contributed by atoms with Crippen molar-refractivity contribution >= 4 is 0 Å². The van der Waals surface area contributed by atoms with Gasteiger partial charge in [-0.25, -0.2) is 4.68 Å². The summed E-state index contributed by atoms with van der Waals surface area (Å²) in [6, 6.07) is 0. The van der Waals surface area contributed by atoms with Crippen LogP contribution in [0, 0.1) is 0 Å². The summed E-state index contributed by atoms with van der Waals surface area (Å²) in [6.45, 7) is 5.51. The molecule has 0 spiro atoms. The van der Waals surface area contributed by atoms with Crippen molar-refractivity contribution < 1.29 is 0 Å². The van der Waals surface area contributed by atoms with Gasteiger partial charge in [0.1, 0.15) is 0 Å². The normalized spacial score (nSPS) is 10.9. The lowest BCUT2D eigenvalue weighted by Gasteiger charge is -2.05. The molecule has 0 saturated carbocycles. The molecule has 1 aromatic heterocycles. The minimum Gasteiger partial charge on any atom is -0.249 e. The van der Waals surface area contributed by atoms with E-state index in [4.69, 9.17) is 0 Å². The molecule has 92 valence electrons. The number of aryl methyl sites for hydroxylation is 2. The van der Waals surface area contributed by atoms with Gasteiger partial charge in [-0.1, -0.05) is 51.2 Å². The van der Waals surface area contributed by atoms with Crippen LogP contribution in [0.1, 0.15) is 64.5 Å². The molecule has 0 bridgehead atoms. The first-order valence-corrected chi connectivity index (χ1v) is 6.75. The monoisotopic (exact) mass is 223 g/mol. The molecule has 0 radical (unpaired) electrons. The highest BCUT2D eigenvalue weighted by molar-refractivity contribution is 4.93. The van der Waals surface area contributed by atoms with Gasteiger partial charge in [0, 0.05) is 6.54 Å². The third-order valence-corrected chi connectivity index (χ3v) is 2.96. The Bertz CT molecular complexity index is 268. The maximum Gasteiger partial charge on any atom is 0.0725 e. The Labute approximate surface area is 99.2 Å². The van der Waals surface area contributed by atoms with E-state index in [0.29, 0.717) is 0 Å². The Kier molecular flexibility index (Phi) is 6.86. The molecule has 0 aromatic carbocycles. The van der Waals surface area contributed by atoms with Crippen LogP contribution in [-0.4, -0.2) is 15.0 Å². The van der Waals surface area contributed by atoms with E-state index in [2.05, 4.69) is 28.8 Å². The number of rotatable bonds is 9. The molecule has 0 aliphatic carbocycles. The second-order valence-electron chi connectivity index (χ2n) is 4.47. The molecule has 0 amide bonds. The highest BCUT2D eigenvalue weighted by atomic mass is 15.4. The standard InChI is InChI=1S/C13H25N3/c1-3-5-7-8-10-13-12-14-15-16(13)11-9-6-4-2/h12H,3-11H2,1-2H3. The molecule has 1 rings (SSSR count). The van der Waals surface area contributed by atoms with Crippen LogP contribution in [0.15, 0.2) is 6.20 Å². The Morgan fingerprint density at radius 3 is 2.50 bits per heavy atom. The molecule has 0 aliphatic rings. The number of nitrogens with zero attached hydrogens (tertiary/aromatic N) is 3. The highest BCUT2D eigenvalue weighted by Gasteiger charge is 2.02. The Hall–Kier alpha value is -0.860. The summed E-state index contributed by atoms with van der Waals surface area (Å²) in [7, 11) is 0. The van der Waals surface area contributed by atoms with Crippen LogP contribution in [0.2, 0.25) is 0 Å². The highest BCUT2D eigenvalue weighted by Crippen LogP contribution is 2.08. The van der Waals surface area contributed by atoms with Crippen LogP contribution in [-0.2, 0) is 13.0 Å². The van der Waals surface area contributed by atoms with Crippen molar-refractivity contribution in [2.75, 3.05) is 0 Å². The van der Waals surface area contributed by atoms with Gasteiger partial charge in [-0.2, -0.15) is 0 Å². The summed E-state index contributed by atoms with van der Waals surface area (Å²) in [4.78, 5) is 0. The zero-order chi connectivity index (χ0) is 11.6. The Morgan fingerprint density at radius 2 is 1.75 bits per heavy atom. The van der Waals surface area contributed by atoms with Gasteiger partial charge in [0.25, 0.3) is 0 Å². The molecule has 3 heteroatoms. The topological polar surface area (TPSA) is 30.7 Å². The molecule has 3 nitrogen and oxygen atoms in total. The fourth-order valence-corrected chi connectivity index (χ4v) is 1.91. The number of aromatic nitrogens is 3. The molecule has 0 fully saturated rings. The molecule has 0 aliphatic heterocycles. The second kappa shape index (κ2) is 8.31. The zero-order valence-corrected chi connectivity index (χ0v) is 10.8. The molecular formula is C13H25N3. The summed E-state index contributed by atoms with van der Waals surface area (Å²) in [5, 5.41) is 8.17. The van der Waals surface area contributed by atoms with Gasteiger partial charge in [-0.3, -0.25) is 0 Å². The molecule has 1 aromatic rings. The van der Waals surface area contributed by atoms with Gasteiger partial charge < -0.3 is 0 Å². The SMILES string of the molecule is CCCCCCc1cnnn1CCCCC. The van der Waals surface area contributed by atoms with E-state index < -0.39 is 0 Å². The maximum absolute atomic E-state index is 4.15. The average Bonchev–Trinajstić information content (AvgIpc) is 2.73. The number of hydrogen-bond donors (Lipinski definition) is 0. The van der Waals surface area contributed by atoms with Gasteiger partial charge in [0.2, 0.25) is 0 Å². The van der Waals surface area contributed by atoms with Crippen LogP contribution in [0.4, 0.5) is 0 Å². The number of hydrogen-bond acceptors (Lipinski definition) is 2. The van der Waals surface area contributed by atoms with E-state index >= 15 is 0 Å². The minimum absolute atomic E-state index is 1.04. The number of unbranched alkanes of at least 4 members (excludes halogenated alkanes) is 5. The largest absolute Gasteiger partial charge is 0.249 e. The van der Waals surface area contributed by atoms with Crippen LogP contribution >= 0.6 is 0 Å². The van der Waals surface area contributed by atoms with Crippen molar-refractivity contribution in [1.29, 1.82) is 0 Å². The quantitative estimate of drug-likeness (QED) is 0.599. The lowest BCUT2D eigenvalue weighted by atomic mass is 10.1. The molecule has 0 unspecified atom stereocenters. The lowest BCUT2D eigenvalue weighted by molar-refractivity contribution is 0.513. The van der Waals surface area contributed by atoms with Crippen molar-refractivity contribution in [1.82, 2.24) is 15.0 Å². The zero-order valence-electron chi connectivity index (χ0n) is 10.8. The first-order chi connectivity index (χ1) is 7.88. The van der Waals surface area contributed by atoms with E-state index in [0.717, 1.165) is 13.0 Å².